The Morgan fingerprint density at radius 2 is 1.75 bits per heavy atom. The molecule has 4 nitrogen and oxygen atoms in total. The highest BCUT2D eigenvalue weighted by Crippen LogP contribution is 2.21. The Labute approximate surface area is 94.2 Å². The van der Waals surface area contributed by atoms with Crippen LogP contribution in [0.15, 0.2) is 58.0 Å². The Morgan fingerprint density at radius 1 is 1.06 bits per heavy atom. The lowest BCUT2D eigenvalue weighted by Gasteiger charge is -2.15. The van der Waals surface area contributed by atoms with E-state index in [1.54, 1.807) is 42.5 Å². The summed E-state index contributed by atoms with van der Waals surface area (Å²) in [6, 6.07) is 11.5. The summed E-state index contributed by atoms with van der Waals surface area (Å²) in [5.41, 5.74) is 0. The highest BCUT2D eigenvalue weighted by atomic mass is 32.2. The number of hydrogen-bond acceptors (Lipinski definition) is 3. The molecular formula is C11H11NO3S. The topological polar surface area (TPSA) is 50.5 Å². The summed E-state index contributed by atoms with van der Waals surface area (Å²) in [6.45, 7) is 0. The molecule has 2 rings (SSSR count). The van der Waals surface area contributed by atoms with E-state index in [2.05, 4.69) is 0 Å². The molecule has 0 saturated heterocycles. The first-order valence-corrected chi connectivity index (χ1v) is 6.14. The second kappa shape index (κ2) is 4.02. The standard InChI is InChI=1S/C11H11NO3S/c1-12(11-8-5-9-15-11)16(13,14)10-6-3-2-4-7-10/h2-9H,1H3. The molecule has 0 bridgehead atoms. The van der Waals surface area contributed by atoms with Crippen molar-refractivity contribution < 1.29 is 12.8 Å². The summed E-state index contributed by atoms with van der Waals surface area (Å²) in [6.07, 6.45) is 1.44. The van der Waals surface area contributed by atoms with Crippen LogP contribution in [0.3, 0.4) is 0 Å². The molecule has 0 spiro atoms. The van der Waals surface area contributed by atoms with Gasteiger partial charge in [0.05, 0.1) is 11.2 Å². The van der Waals surface area contributed by atoms with Gasteiger partial charge in [-0.2, -0.15) is 0 Å². The van der Waals surface area contributed by atoms with Gasteiger partial charge in [0.2, 0.25) is 5.88 Å². The summed E-state index contributed by atoms with van der Waals surface area (Å²) in [4.78, 5) is 0.244. The fourth-order valence-electron chi connectivity index (χ4n) is 1.32. The van der Waals surface area contributed by atoms with Crippen LogP contribution >= 0.6 is 0 Å². The van der Waals surface area contributed by atoms with Crippen molar-refractivity contribution in [2.45, 2.75) is 4.90 Å². The number of furan rings is 1. The molecule has 0 atom stereocenters. The van der Waals surface area contributed by atoms with Gasteiger partial charge in [-0.3, -0.25) is 0 Å². The summed E-state index contributed by atoms with van der Waals surface area (Å²) >= 11 is 0. The van der Waals surface area contributed by atoms with Gasteiger partial charge in [0.1, 0.15) is 0 Å². The van der Waals surface area contributed by atoms with Crippen molar-refractivity contribution in [3.8, 4) is 0 Å². The molecule has 0 aliphatic rings. The second-order valence-corrected chi connectivity index (χ2v) is 5.21. The van der Waals surface area contributed by atoms with Crippen LogP contribution in [-0.2, 0) is 10.0 Å². The molecule has 84 valence electrons. The molecule has 1 heterocycles. The molecular weight excluding hydrogens is 226 g/mol. The molecule has 0 amide bonds. The highest BCUT2D eigenvalue weighted by Gasteiger charge is 2.22. The minimum Gasteiger partial charge on any atom is -0.448 e. The van der Waals surface area contributed by atoms with Gasteiger partial charge in [0.25, 0.3) is 10.0 Å². The van der Waals surface area contributed by atoms with Crippen LogP contribution in [0, 0.1) is 0 Å². The van der Waals surface area contributed by atoms with Crippen LogP contribution in [-0.4, -0.2) is 15.5 Å². The van der Waals surface area contributed by atoms with Gasteiger partial charge in [0, 0.05) is 13.1 Å². The van der Waals surface area contributed by atoms with E-state index in [0.717, 1.165) is 4.31 Å². The first kappa shape index (κ1) is 10.8. The number of benzene rings is 1. The van der Waals surface area contributed by atoms with E-state index < -0.39 is 10.0 Å². The minimum atomic E-state index is -3.52. The fraction of sp³-hybridized carbons (Fsp3) is 0.0909. The average Bonchev–Trinajstić information content (AvgIpc) is 2.82. The van der Waals surface area contributed by atoms with Crippen molar-refractivity contribution in [1.29, 1.82) is 0 Å². The van der Waals surface area contributed by atoms with Crippen LogP contribution in [0.1, 0.15) is 0 Å². The maximum Gasteiger partial charge on any atom is 0.266 e. The first-order valence-electron chi connectivity index (χ1n) is 4.70. The van der Waals surface area contributed by atoms with E-state index in [4.69, 9.17) is 4.42 Å². The van der Waals surface area contributed by atoms with Crippen LogP contribution in [0.25, 0.3) is 0 Å². The number of hydrogen-bond donors (Lipinski definition) is 0. The van der Waals surface area contributed by atoms with E-state index in [1.165, 1.54) is 13.3 Å². The van der Waals surface area contributed by atoms with Gasteiger partial charge in [-0.25, -0.2) is 12.7 Å². The Hall–Kier alpha value is -1.75. The Kier molecular flexibility index (Phi) is 2.70. The zero-order valence-electron chi connectivity index (χ0n) is 8.70. The molecule has 1 aromatic heterocycles. The molecule has 16 heavy (non-hydrogen) atoms. The van der Waals surface area contributed by atoms with E-state index >= 15 is 0 Å². The van der Waals surface area contributed by atoms with E-state index in [-0.39, 0.29) is 4.90 Å². The Balaban J connectivity index is 2.41. The largest absolute Gasteiger partial charge is 0.448 e. The van der Waals surface area contributed by atoms with Crippen LogP contribution in [0.4, 0.5) is 5.88 Å². The summed E-state index contributed by atoms with van der Waals surface area (Å²) in [5, 5.41) is 0. The van der Waals surface area contributed by atoms with Crippen molar-refractivity contribution in [2.75, 3.05) is 11.4 Å². The summed E-state index contributed by atoms with van der Waals surface area (Å²) in [5.74, 6) is 0.295. The number of rotatable bonds is 3. The average molecular weight is 237 g/mol. The maximum absolute atomic E-state index is 12.1. The molecule has 0 aliphatic carbocycles. The van der Waals surface area contributed by atoms with Gasteiger partial charge in [0.15, 0.2) is 0 Å². The lowest BCUT2D eigenvalue weighted by atomic mass is 10.4. The predicted molar refractivity (Wildman–Crippen MR) is 60.7 cm³/mol. The number of sulfonamides is 1. The summed E-state index contributed by atoms with van der Waals surface area (Å²) < 4.78 is 30.4. The molecule has 0 saturated carbocycles. The van der Waals surface area contributed by atoms with Crippen molar-refractivity contribution >= 4 is 15.9 Å². The molecule has 0 radical (unpaired) electrons. The van der Waals surface area contributed by atoms with Crippen LogP contribution in [0.2, 0.25) is 0 Å². The van der Waals surface area contributed by atoms with Gasteiger partial charge >= 0.3 is 0 Å². The molecule has 0 fully saturated rings. The third kappa shape index (κ3) is 1.81. The van der Waals surface area contributed by atoms with Gasteiger partial charge in [-0.15, -0.1) is 0 Å². The molecule has 0 unspecified atom stereocenters. The van der Waals surface area contributed by atoms with Crippen molar-refractivity contribution in [2.24, 2.45) is 0 Å². The third-order valence-corrected chi connectivity index (χ3v) is 3.99. The molecule has 5 heteroatoms. The van der Waals surface area contributed by atoms with Crippen molar-refractivity contribution in [1.82, 2.24) is 0 Å². The van der Waals surface area contributed by atoms with Crippen molar-refractivity contribution in [3.05, 3.63) is 48.7 Å². The van der Waals surface area contributed by atoms with E-state index in [0.29, 0.717) is 5.88 Å². The van der Waals surface area contributed by atoms with E-state index in [1.807, 2.05) is 0 Å². The normalized spacial score (nSPS) is 11.3. The minimum absolute atomic E-state index is 0.244. The molecule has 2 aromatic rings. The van der Waals surface area contributed by atoms with Crippen molar-refractivity contribution in [3.63, 3.8) is 0 Å². The highest BCUT2D eigenvalue weighted by molar-refractivity contribution is 7.92. The van der Waals surface area contributed by atoms with Gasteiger partial charge in [-0.1, -0.05) is 18.2 Å². The van der Waals surface area contributed by atoms with E-state index in [9.17, 15) is 8.42 Å². The lowest BCUT2D eigenvalue weighted by molar-refractivity contribution is 0.558. The second-order valence-electron chi connectivity index (χ2n) is 3.24. The quantitative estimate of drug-likeness (QED) is 0.821. The summed E-state index contributed by atoms with van der Waals surface area (Å²) in [7, 11) is -2.06. The zero-order chi connectivity index (χ0) is 11.6. The smallest absolute Gasteiger partial charge is 0.266 e. The first-order chi connectivity index (χ1) is 7.62. The third-order valence-electron chi connectivity index (χ3n) is 2.22. The monoisotopic (exact) mass is 237 g/mol. The van der Waals surface area contributed by atoms with Crippen LogP contribution < -0.4 is 4.31 Å². The molecule has 0 aliphatic heterocycles. The van der Waals surface area contributed by atoms with Gasteiger partial charge < -0.3 is 4.42 Å². The zero-order valence-corrected chi connectivity index (χ0v) is 9.52. The number of nitrogens with zero attached hydrogens (tertiary/aromatic N) is 1. The molecule has 0 N–H and O–H groups in total. The van der Waals surface area contributed by atoms with Gasteiger partial charge in [-0.05, 0) is 18.2 Å². The maximum atomic E-state index is 12.1. The Morgan fingerprint density at radius 3 is 2.31 bits per heavy atom. The lowest BCUT2D eigenvalue weighted by Crippen LogP contribution is -2.25. The number of anilines is 1. The molecule has 1 aromatic carbocycles. The predicted octanol–water partition coefficient (Wildman–Crippen LogP) is 2.10. The van der Waals surface area contributed by atoms with Crippen LogP contribution in [0.5, 0.6) is 0 Å². The fourth-order valence-corrected chi connectivity index (χ4v) is 2.48. The Bertz CT molecular complexity index is 546. The SMILES string of the molecule is CN(c1ccco1)S(=O)(=O)c1ccccc1.